The quantitative estimate of drug-likeness (QED) is 0.401. The van der Waals surface area contributed by atoms with Crippen molar-refractivity contribution in [2.45, 2.75) is 26.6 Å². The molecule has 0 radical (unpaired) electrons. The number of halogens is 3. The molecule has 1 aliphatic rings. The van der Waals surface area contributed by atoms with Crippen LogP contribution in [0, 0.1) is 0 Å². The Labute approximate surface area is 209 Å². The third-order valence-electron chi connectivity index (χ3n) is 5.70. The van der Waals surface area contributed by atoms with Gasteiger partial charge in [-0.15, -0.1) is 0 Å². The number of ether oxygens (including phenoxy) is 1. The van der Waals surface area contributed by atoms with Gasteiger partial charge in [-0.2, -0.15) is 13.2 Å². The number of hydrogen-bond donors (Lipinski definition) is 1. The van der Waals surface area contributed by atoms with Crippen LogP contribution in [0.1, 0.15) is 25.0 Å². The Balaban J connectivity index is 1.58. The number of alkyl halides is 3. The molecule has 0 bridgehead atoms. The number of amides is 2. The molecule has 2 amide bonds. The number of nitrogens with zero attached hydrogens (tertiary/aromatic N) is 4. The number of allylic oxidation sites excluding steroid dienone is 1. The number of nitrogens with one attached hydrogen (secondary N) is 1. The molecule has 1 saturated heterocycles. The van der Waals surface area contributed by atoms with Crippen molar-refractivity contribution in [2.75, 3.05) is 49.6 Å². The number of benzene rings is 2. The van der Waals surface area contributed by atoms with E-state index in [0.717, 1.165) is 29.3 Å². The second kappa shape index (κ2) is 11.8. The zero-order valence-corrected chi connectivity index (χ0v) is 20.8. The molecule has 1 fully saturated rings. The van der Waals surface area contributed by atoms with Crippen LogP contribution in [0.25, 0.3) is 0 Å². The molecule has 2 aromatic rings. The van der Waals surface area contributed by atoms with Crippen molar-refractivity contribution in [3.8, 4) is 5.75 Å². The van der Waals surface area contributed by atoms with Crippen molar-refractivity contribution in [3.05, 3.63) is 65.9 Å². The number of anilines is 2. The van der Waals surface area contributed by atoms with Gasteiger partial charge in [-0.25, -0.2) is 9.79 Å². The second-order valence-electron chi connectivity index (χ2n) is 8.51. The van der Waals surface area contributed by atoms with E-state index in [9.17, 15) is 18.0 Å². The normalized spacial score (nSPS) is 14.2. The van der Waals surface area contributed by atoms with E-state index >= 15 is 0 Å². The van der Waals surface area contributed by atoms with Crippen LogP contribution in [-0.4, -0.2) is 57.1 Å². The van der Waals surface area contributed by atoms with Crippen LogP contribution in [0.4, 0.5) is 29.3 Å². The Bertz CT molecular complexity index is 1100. The zero-order chi connectivity index (χ0) is 26.3. The van der Waals surface area contributed by atoms with Crippen LogP contribution >= 0.6 is 0 Å². The number of carbonyl (C=O) groups is 1. The standard InChI is InChI=1S/C26H32F3N5O2/c1-5-36-24-16-22(9-10-23(24)32(4)18-31-19(2)3)33-11-13-34(14-12-33)25(35)30-17-20-7-6-8-21(15-20)26(27,28)29/h6-10,15-16,18H,2,5,11-14,17H2,1,3-4H3,(H,30,35). The molecule has 7 nitrogen and oxygen atoms in total. The van der Waals surface area contributed by atoms with Gasteiger partial charge < -0.3 is 24.8 Å². The molecular formula is C26H32F3N5O2. The summed E-state index contributed by atoms with van der Waals surface area (Å²) in [6.45, 7) is 10.3. The van der Waals surface area contributed by atoms with E-state index in [-0.39, 0.29) is 12.6 Å². The summed E-state index contributed by atoms with van der Waals surface area (Å²) >= 11 is 0. The summed E-state index contributed by atoms with van der Waals surface area (Å²) in [5.41, 5.74) is 2.23. The van der Waals surface area contributed by atoms with E-state index < -0.39 is 11.7 Å². The van der Waals surface area contributed by atoms with Gasteiger partial charge in [0.15, 0.2) is 0 Å². The van der Waals surface area contributed by atoms with Crippen molar-refractivity contribution < 1.29 is 22.7 Å². The molecule has 1 N–H and O–H groups in total. The lowest BCUT2D eigenvalue weighted by Crippen LogP contribution is -2.51. The Hall–Kier alpha value is -3.69. The highest BCUT2D eigenvalue weighted by molar-refractivity contribution is 5.83. The number of piperazine rings is 1. The maximum absolute atomic E-state index is 12.9. The fourth-order valence-corrected chi connectivity index (χ4v) is 3.82. The summed E-state index contributed by atoms with van der Waals surface area (Å²) in [5.74, 6) is 0.729. The van der Waals surface area contributed by atoms with Gasteiger partial charge in [0.25, 0.3) is 0 Å². The van der Waals surface area contributed by atoms with E-state index in [1.807, 2.05) is 44.0 Å². The third kappa shape index (κ3) is 7.16. The molecule has 0 atom stereocenters. The zero-order valence-electron chi connectivity index (χ0n) is 20.8. The molecule has 0 spiro atoms. The maximum Gasteiger partial charge on any atom is 0.416 e. The van der Waals surface area contributed by atoms with E-state index in [0.29, 0.717) is 44.0 Å². The fraction of sp³-hybridized carbons (Fsp3) is 0.385. The van der Waals surface area contributed by atoms with E-state index in [1.54, 1.807) is 17.3 Å². The lowest BCUT2D eigenvalue weighted by Gasteiger charge is -2.36. The minimum Gasteiger partial charge on any atom is -0.492 e. The molecule has 2 aromatic carbocycles. The van der Waals surface area contributed by atoms with E-state index in [1.165, 1.54) is 6.07 Å². The van der Waals surface area contributed by atoms with Crippen LogP contribution in [0.2, 0.25) is 0 Å². The molecule has 194 valence electrons. The van der Waals surface area contributed by atoms with E-state index in [4.69, 9.17) is 4.74 Å². The summed E-state index contributed by atoms with van der Waals surface area (Å²) in [5, 5.41) is 2.72. The smallest absolute Gasteiger partial charge is 0.416 e. The monoisotopic (exact) mass is 503 g/mol. The van der Waals surface area contributed by atoms with Crippen LogP contribution in [0.5, 0.6) is 5.75 Å². The highest BCUT2D eigenvalue weighted by Crippen LogP contribution is 2.33. The number of hydrogen-bond acceptors (Lipinski definition) is 4. The second-order valence-corrected chi connectivity index (χ2v) is 8.51. The van der Waals surface area contributed by atoms with Gasteiger partial charge in [0.05, 0.1) is 24.2 Å². The Morgan fingerprint density at radius 3 is 2.56 bits per heavy atom. The van der Waals surface area contributed by atoms with Crippen molar-refractivity contribution in [3.63, 3.8) is 0 Å². The van der Waals surface area contributed by atoms with Gasteiger partial charge in [0.1, 0.15) is 5.75 Å². The molecule has 3 rings (SSSR count). The van der Waals surface area contributed by atoms with Crippen molar-refractivity contribution in [1.82, 2.24) is 10.2 Å². The Morgan fingerprint density at radius 2 is 1.92 bits per heavy atom. The summed E-state index contributed by atoms with van der Waals surface area (Å²) < 4.78 is 44.6. The van der Waals surface area contributed by atoms with Crippen molar-refractivity contribution in [2.24, 2.45) is 4.99 Å². The molecular weight excluding hydrogens is 471 g/mol. The van der Waals surface area contributed by atoms with Gasteiger partial charge in [-0.1, -0.05) is 18.7 Å². The minimum atomic E-state index is -4.41. The number of rotatable bonds is 8. The summed E-state index contributed by atoms with van der Waals surface area (Å²) in [6.07, 6.45) is -2.72. The number of urea groups is 1. The predicted molar refractivity (Wildman–Crippen MR) is 137 cm³/mol. The van der Waals surface area contributed by atoms with Crippen LogP contribution in [0.15, 0.2) is 59.7 Å². The third-order valence-corrected chi connectivity index (χ3v) is 5.70. The summed E-state index contributed by atoms with van der Waals surface area (Å²) in [7, 11) is 1.89. The van der Waals surface area contributed by atoms with Gasteiger partial charge in [-0.05, 0) is 43.7 Å². The largest absolute Gasteiger partial charge is 0.492 e. The average molecular weight is 504 g/mol. The first kappa shape index (κ1) is 26.9. The maximum atomic E-state index is 12.9. The summed E-state index contributed by atoms with van der Waals surface area (Å²) in [6, 6.07) is 10.6. The number of aliphatic imine (C=N–C) groups is 1. The van der Waals surface area contributed by atoms with Gasteiger partial charge in [0.2, 0.25) is 0 Å². The summed E-state index contributed by atoms with van der Waals surface area (Å²) in [4.78, 5) is 22.5. The molecule has 0 saturated carbocycles. The minimum absolute atomic E-state index is 0.0321. The molecule has 1 aliphatic heterocycles. The van der Waals surface area contributed by atoms with E-state index in [2.05, 4.69) is 21.8 Å². The van der Waals surface area contributed by atoms with Crippen LogP contribution in [0.3, 0.4) is 0 Å². The van der Waals surface area contributed by atoms with Gasteiger partial charge in [-0.3, -0.25) is 0 Å². The molecule has 0 aliphatic carbocycles. The predicted octanol–water partition coefficient (Wildman–Crippen LogP) is 5.13. The van der Waals surface area contributed by atoms with Gasteiger partial charge >= 0.3 is 12.2 Å². The highest BCUT2D eigenvalue weighted by atomic mass is 19.4. The van der Waals surface area contributed by atoms with Crippen molar-refractivity contribution in [1.29, 1.82) is 0 Å². The fourth-order valence-electron chi connectivity index (χ4n) is 3.82. The SMILES string of the molecule is C=C(C)N=CN(C)c1ccc(N2CCN(C(=O)NCc3cccc(C(F)(F)F)c3)CC2)cc1OCC. The highest BCUT2D eigenvalue weighted by Gasteiger charge is 2.30. The molecule has 10 heteroatoms. The van der Waals surface area contributed by atoms with Gasteiger partial charge in [0, 0.05) is 57.2 Å². The number of carbonyl (C=O) groups excluding carboxylic acids is 1. The average Bonchev–Trinajstić information content (AvgIpc) is 2.85. The van der Waals surface area contributed by atoms with Crippen LogP contribution in [-0.2, 0) is 12.7 Å². The first-order chi connectivity index (χ1) is 17.1. The topological polar surface area (TPSA) is 60.4 Å². The van der Waals surface area contributed by atoms with Crippen molar-refractivity contribution >= 4 is 23.7 Å². The Morgan fingerprint density at radius 1 is 1.19 bits per heavy atom. The van der Waals surface area contributed by atoms with Crippen LogP contribution < -0.4 is 19.9 Å². The lowest BCUT2D eigenvalue weighted by molar-refractivity contribution is -0.137. The molecule has 36 heavy (non-hydrogen) atoms. The first-order valence-electron chi connectivity index (χ1n) is 11.7. The lowest BCUT2D eigenvalue weighted by atomic mass is 10.1. The Kier molecular flexibility index (Phi) is 8.84. The first-order valence-corrected chi connectivity index (χ1v) is 11.7. The molecule has 0 aromatic heterocycles. The molecule has 1 heterocycles. The molecule has 0 unspecified atom stereocenters.